The molecule has 2 rings (SSSR count). The van der Waals surface area contributed by atoms with Crippen molar-refractivity contribution < 1.29 is 0 Å². The van der Waals surface area contributed by atoms with Gasteiger partial charge in [0, 0.05) is 12.6 Å². The first-order chi connectivity index (χ1) is 10.3. The van der Waals surface area contributed by atoms with Crippen molar-refractivity contribution in [2.24, 2.45) is 5.92 Å². The predicted molar refractivity (Wildman–Crippen MR) is 90.6 cm³/mol. The van der Waals surface area contributed by atoms with Crippen molar-refractivity contribution in [2.45, 2.75) is 32.7 Å². The Morgan fingerprint density at radius 1 is 1.14 bits per heavy atom. The third kappa shape index (κ3) is 5.10. The number of likely N-dealkylation sites (N-methyl/N-ethyl adjacent to an activating group) is 1. The second kappa shape index (κ2) is 9.19. The van der Waals surface area contributed by atoms with Gasteiger partial charge in [-0.25, -0.2) is 0 Å². The second-order valence-corrected chi connectivity index (χ2v) is 6.00. The van der Waals surface area contributed by atoms with Crippen molar-refractivity contribution in [3.63, 3.8) is 0 Å². The summed E-state index contributed by atoms with van der Waals surface area (Å²) in [4.78, 5) is 2.55. The number of rotatable bonds is 8. The van der Waals surface area contributed by atoms with Crippen LogP contribution in [-0.4, -0.2) is 44.2 Å². The standard InChI is InChI=1S/C18H31N3/c1-3-21(4-2)18(17-8-6-5-7-9-17)15-20-14-16-10-12-19-13-11-16/h5-9,16,18-20H,3-4,10-15H2,1-2H3. The summed E-state index contributed by atoms with van der Waals surface area (Å²) >= 11 is 0. The van der Waals surface area contributed by atoms with Crippen LogP contribution in [0.3, 0.4) is 0 Å². The molecule has 3 nitrogen and oxygen atoms in total. The fourth-order valence-corrected chi connectivity index (χ4v) is 3.31. The summed E-state index contributed by atoms with van der Waals surface area (Å²) in [6.45, 7) is 11.3. The topological polar surface area (TPSA) is 27.3 Å². The first-order valence-corrected chi connectivity index (χ1v) is 8.55. The highest BCUT2D eigenvalue weighted by Crippen LogP contribution is 2.20. The van der Waals surface area contributed by atoms with Crippen molar-refractivity contribution in [3.05, 3.63) is 35.9 Å². The molecule has 1 aliphatic heterocycles. The number of nitrogens with zero attached hydrogens (tertiary/aromatic N) is 1. The van der Waals surface area contributed by atoms with Crippen molar-refractivity contribution in [1.29, 1.82) is 0 Å². The summed E-state index contributed by atoms with van der Waals surface area (Å²) in [6.07, 6.45) is 2.63. The Morgan fingerprint density at radius 3 is 2.43 bits per heavy atom. The van der Waals surface area contributed by atoms with E-state index in [1.165, 1.54) is 31.5 Å². The summed E-state index contributed by atoms with van der Waals surface area (Å²) in [5.74, 6) is 0.847. The van der Waals surface area contributed by atoms with Gasteiger partial charge in [-0.15, -0.1) is 0 Å². The van der Waals surface area contributed by atoms with Crippen molar-refractivity contribution in [2.75, 3.05) is 39.3 Å². The molecule has 1 saturated heterocycles. The molecule has 1 fully saturated rings. The van der Waals surface area contributed by atoms with Gasteiger partial charge in [0.1, 0.15) is 0 Å². The van der Waals surface area contributed by atoms with Gasteiger partial charge in [0.2, 0.25) is 0 Å². The Hall–Kier alpha value is -0.900. The Morgan fingerprint density at radius 2 is 1.81 bits per heavy atom. The minimum atomic E-state index is 0.489. The highest BCUT2D eigenvalue weighted by atomic mass is 15.2. The quantitative estimate of drug-likeness (QED) is 0.770. The van der Waals surface area contributed by atoms with Crippen molar-refractivity contribution in [1.82, 2.24) is 15.5 Å². The summed E-state index contributed by atoms with van der Waals surface area (Å²) in [5.41, 5.74) is 1.43. The molecular weight excluding hydrogens is 258 g/mol. The maximum Gasteiger partial charge on any atom is 0.0472 e. The van der Waals surface area contributed by atoms with Crippen LogP contribution in [0.4, 0.5) is 0 Å². The van der Waals surface area contributed by atoms with Gasteiger partial charge in [-0.1, -0.05) is 44.2 Å². The molecule has 1 unspecified atom stereocenters. The van der Waals surface area contributed by atoms with Crippen LogP contribution in [0.15, 0.2) is 30.3 Å². The van der Waals surface area contributed by atoms with Gasteiger partial charge < -0.3 is 10.6 Å². The molecule has 21 heavy (non-hydrogen) atoms. The molecule has 0 bridgehead atoms. The zero-order chi connectivity index (χ0) is 14.9. The van der Waals surface area contributed by atoms with E-state index in [0.29, 0.717) is 6.04 Å². The van der Waals surface area contributed by atoms with E-state index in [2.05, 4.69) is 59.7 Å². The van der Waals surface area contributed by atoms with E-state index in [1.807, 2.05) is 0 Å². The zero-order valence-corrected chi connectivity index (χ0v) is 13.6. The van der Waals surface area contributed by atoms with E-state index in [-0.39, 0.29) is 0 Å². The molecule has 0 saturated carbocycles. The van der Waals surface area contributed by atoms with Gasteiger partial charge in [-0.2, -0.15) is 0 Å². The fraction of sp³-hybridized carbons (Fsp3) is 0.667. The lowest BCUT2D eigenvalue weighted by Gasteiger charge is -2.31. The first-order valence-electron chi connectivity index (χ1n) is 8.55. The third-order valence-corrected chi connectivity index (χ3v) is 4.67. The van der Waals surface area contributed by atoms with Gasteiger partial charge in [0.05, 0.1) is 0 Å². The molecule has 0 spiro atoms. The van der Waals surface area contributed by atoms with Crippen LogP contribution in [-0.2, 0) is 0 Å². The number of hydrogen-bond donors (Lipinski definition) is 2. The fourth-order valence-electron chi connectivity index (χ4n) is 3.31. The van der Waals surface area contributed by atoms with Crippen LogP contribution in [0, 0.1) is 5.92 Å². The maximum atomic E-state index is 3.73. The van der Waals surface area contributed by atoms with Gasteiger partial charge in [0.25, 0.3) is 0 Å². The van der Waals surface area contributed by atoms with Crippen molar-refractivity contribution in [3.8, 4) is 0 Å². The minimum Gasteiger partial charge on any atom is -0.317 e. The van der Waals surface area contributed by atoms with E-state index in [1.54, 1.807) is 0 Å². The summed E-state index contributed by atoms with van der Waals surface area (Å²) < 4.78 is 0. The van der Waals surface area contributed by atoms with Crippen molar-refractivity contribution >= 4 is 0 Å². The summed E-state index contributed by atoms with van der Waals surface area (Å²) in [5, 5.41) is 7.17. The molecular formula is C18H31N3. The SMILES string of the molecule is CCN(CC)C(CNCC1CCNCC1)c1ccccc1. The molecule has 1 aromatic rings. The summed E-state index contributed by atoms with van der Waals surface area (Å²) in [6, 6.07) is 11.4. The monoisotopic (exact) mass is 289 g/mol. The Balaban J connectivity index is 1.89. The molecule has 0 aliphatic carbocycles. The van der Waals surface area contributed by atoms with E-state index in [9.17, 15) is 0 Å². The van der Waals surface area contributed by atoms with E-state index in [0.717, 1.165) is 32.1 Å². The van der Waals surface area contributed by atoms with Crippen LogP contribution < -0.4 is 10.6 Å². The molecule has 1 atom stereocenters. The van der Waals surface area contributed by atoms with Crippen LogP contribution >= 0.6 is 0 Å². The van der Waals surface area contributed by atoms with Gasteiger partial charge >= 0.3 is 0 Å². The van der Waals surface area contributed by atoms with E-state index < -0.39 is 0 Å². The molecule has 0 aromatic heterocycles. The first kappa shape index (κ1) is 16.5. The smallest absolute Gasteiger partial charge is 0.0472 e. The van der Waals surface area contributed by atoms with Crippen LogP contribution in [0.1, 0.15) is 38.3 Å². The minimum absolute atomic E-state index is 0.489. The van der Waals surface area contributed by atoms with Gasteiger partial charge in [0.15, 0.2) is 0 Å². The number of hydrogen-bond acceptors (Lipinski definition) is 3. The Labute approximate surface area is 130 Å². The molecule has 1 heterocycles. The normalized spacial score (nSPS) is 18.0. The molecule has 0 radical (unpaired) electrons. The summed E-state index contributed by atoms with van der Waals surface area (Å²) in [7, 11) is 0. The Kier molecular flexibility index (Phi) is 7.20. The number of nitrogens with one attached hydrogen (secondary N) is 2. The molecule has 2 N–H and O–H groups in total. The lowest BCUT2D eigenvalue weighted by molar-refractivity contribution is 0.209. The third-order valence-electron chi connectivity index (χ3n) is 4.67. The number of piperidine rings is 1. The molecule has 1 aliphatic rings. The second-order valence-electron chi connectivity index (χ2n) is 6.00. The molecule has 1 aromatic carbocycles. The predicted octanol–water partition coefficient (Wildman–Crippen LogP) is 2.66. The maximum absolute atomic E-state index is 3.73. The highest BCUT2D eigenvalue weighted by molar-refractivity contribution is 5.19. The van der Waals surface area contributed by atoms with Crippen LogP contribution in [0.5, 0.6) is 0 Å². The molecule has 0 amide bonds. The lowest BCUT2D eigenvalue weighted by Crippen LogP contribution is -2.39. The van der Waals surface area contributed by atoms with Crippen LogP contribution in [0.2, 0.25) is 0 Å². The van der Waals surface area contributed by atoms with Gasteiger partial charge in [-0.3, -0.25) is 4.90 Å². The molecule has 3 heteroatoms. The average molecular weight is 289 g/mol. The molecule has 118 valence electrons. The highest BCUT2D eigenvalue weighted by Gasteiger charge is 2.18. The van der Waals surface area contributed by atoms with E-state index >= 15 is 0 Å². The number of benzene rings is 1. The van der Waals surface area contributed by atoms with E-state index in [4.69, 9.17) is 0 Å². The van der Waals surface area contributed by atoms with Crippen LogP contribution in [0.25, 0.3) is 0 Å². The zero-order valence-electron chi connectivity index (χ0n) is 13.6. The average Bonchev–Trinajstić information content (AvgIpc) is 2.56. The van der Waals surface area contributed by atoms with Gasteiger partial charge in [-0.05, 0) is 57.0 Å². The Bertz CT molecular complexity index is 369. The largest absolute Gasteiger partial charge is 0.317 e. The lowest BCUT2D eigenvalue weighted by atomic mass is 9.98.